The van der Waals surface area contributed by atoms with Crippen molar-refractivity contribution in [2.24, 2.45) is 0 Å². The monoisotopic (exact) mass is 360 g/mol. The molecule has 2 rings (SSSR count). The predicted octanol–water partition coefficient (Wildman–Crippen LogP) is 3.69. The number of rotatable bonds is 4. The average Bonchev–Trinajstić information content (AvgIpc) is 2.34. The zero-order chi connectivity index (χ0) is 13.0. The molecule has 94 valence electrons. The molecule has 0 amide bonds. The Balaban J connectivity index is 1.99. The summed E-state index contributed by atoms with van der Waals surface area (Å²) in [7, 11) is 0. The van der Waals surface area contributed by atoms with E-state index in [1.165, 1.54) is 12.1 Å². The normalized spacial score (nSPS) is 10.4. The van der Waals surface area contributed by atoms with E-state index < -0.39 is 11.6 Å². The summed E-state index contributed by atoms with van der Waals surface area (Å²) in [6.45, 7) is 0.0729. The minimum Gasteiger partial charge on any atom is -0.321 e. The van der Waals surface area contributed by atoms with Gasteiger partial charge in [-0.05, 0) is 46.9 Å². The van der Waals surface area contributed by atoms with Crippen molar-refractivity contribution in [3.8, 4) is 0 Å². The number of hydrogen-bond acceptors (Lipinski definition) is 2. The third-order valence-corrected chi connectivity index (χ3v) is 3.00. The topological polar surface area (TPSA) is 24.1 Å². The summed E-state index contributed by atoms with van der Waals surface area (Å²) < 4.78 is 27.6. The second-order valence-electron chi connectivity index (χ2n) is 3.69. The van der Waals surface area contributed by atoms with Gasteiger partial charge in [-0.2, -0.15) is 0 Å². The number of benzene rings is 2. The quantitative estimate of drug-likeness (QED) is 0.642. The van der Waals surface area contributed by atoms with Crippen LogP contribution < -0.4 is 10.9 Å². The Bertz CT molecular complexity index is 509. The highest BCUT2D eigenvalue weighted by molar-refractivity contribution is 14.1. The van der Waals surface area contributed by atoms with E-state index in [0.717, 1.165) is 5.69 Å². The van der Waals surface area contributed by atoms with E-state index in [0.29, 0.717) is 3.57 Å². The first kappa shape index (κ1) is 13.2. The molecule has 18 heavy (non-hydrogen) atoms. The van der Waals surface area contributed by atoms with E-state index in [2.05, 4.69) is 10.9 Å². The summed E-state index contributed by atoms with van der Waals surface area (Å²) in [4.78, 5) is 0. The van der Waals surface area contributed by atoms with Crippen LogP contribution in [0.2, 0.25) is 0 Å². The number of halogens is 3. The van der Waals surface area contributed by atoms with Crippen LogP contribution in [0.15, 0.2) is 42.5 Å². The Kier molecular flexibility index (Phi) is 4.48. The van der Waals surface area contributed by atoms with Gasteiger partial charge in [0.1, 0.15) is 11.6 Å². The molecule has 2 nitrogen and oxygen atoms in total. The lowest BCUT2D eigenvalue weighted by Gasteiger charge is -2.10. The molecule has 0 atom stereocenters. The second-order valence-corrected chi connectivity index (χ2v) is 4.94. The van der Waals surface area contributed by atoms with Gasteiger partial charge in [-0.1, -0.05) is 18.2 Å². The molecule has 0 aliphatic heterocycles. The van der Waals surface area contributed by atoms with Crippen LogP contribution in [0, 0.1) is 15.2 Å². The van der Waals surface area contributed by atoms with Gasteiger partial charge in [0.2, 0.25) is 0 Å². The van der Waals surface area contributed by atoms with Gasteiger partial charge >= 0.3 is 0 Å². The molecule has 0 fully saturated rings. The van der Waals surface area contributed by atoms with Crippen LogP contribution in [-0.4, -0.2) is 0 Å². The van der Waals surface area contributed by atoms with Crippen LogP contribution in [-0.2, 0) is 6.54 Å². The molecule has 0 radical (unpaired) electrons. The number of hydrazine groups is 1. The van der Waals surface area contributed by atoms with Crippen LogP contribution in [0.4, 0.5) is 14.5 Å². The fraction of sp³-hybridized carbons (Fsp3) is 0.0769. The minimum atomic E-state index is -0.540. The van der Waals surface area contributed by atoms with Gasteiger partial charge in [0.15, 0.2) is 0 Å². The van der Waals surface area contributed by atoms with Crippen molar-refractivity contribution in [3.05, 3.63) is 63.2 Å². The van der Waals surface area contributed by atoms with Crippen molar-refractivity contribution in [2.45, 2.75) is 6.54 Å². The first-order valence-corrected chi connectivity index (χ1v) is 6.42. The zero-order valence-electron chi connectivity index (χ0n) is 9.38. The van der Waals surface area contributed by atoms with Gasteiger partial charge in [0, 0.05) is 21.4 Å². The summed E-state index contributed by atoms with van der Waals surface area (Å²) in [6.07, 6.45) is 0. The fourth-order valence-electron chi connectivity index (χ4n) is 1.50. The lowest BCUT2D eigenvalue weighted by Crippen LogP contribution is -2.22. The van der Waals surface area contributed by atoms with Crippen molar-refractivity contribution in [1.29, 1.82) is 0 Å². The molecule has 5 heteroatoms. The van der Waals surface area contributed by atoms with Crippen LogP contribution in [0.1, 0.15) is 5.56 Å². The largest absolute Gasteiger partial charge is 0.321 e. The van der Waals surface area contributed by atoms with Gasteiger partial charge in [-0.3, -0.25) is 0 Å². The Hall–Kier alpha value is -1.21. The van der Waals surface area contributed by atoms with Crippen LogP contribution in [0.5, 0.6) is 0 Å². The Morgan fingerprint density at radius 3 is 2.22 bits per heavy atom. The highest BCUT2D eigenvalue weighted by Gasteiger charge is 2.09. The lowest BCUT2D eigenvalue weighted by molar-refractivity contribution is 0.544. The Morgan fingerprint density at radius 2 is 1.61 bits per heavy atom. The number of para-hydroxylation sites is 1. The highest BCUT2D eigenvalue weighted by atomic mass is 127. The molecular weight excluding hydrogens is 349 g/mol. The molecule has 0 aromatic heterocycles. The van der Waals surface area contributed by atoms with Crippen LogP contribution in [0.3, 0.4) is 0 Å². The molecule has 0 saturated carbocycles. The van der Waals surface area contributed by atoms with Crippen molar-refractivity contribution in [1.82, 2.24) is 5.43 Å². The summed E-state index contributed by atoms with van der Waals surface area (Å²) in [5.41, 5.74) is 6.53. The van der Waals surface area contributed by atoms with Gasteiger partial charge < -0.3 is 5.43 Å². The number of hydrogen-bond donors (Lipinski definition) is 2. The molecule has 0 saturated heterocycles. The average molecular weight is 360 g/mol. The molecule has 0 spiro atoms. The maximum Gasteiger partial charge on any atom is 0.131 e. The summed E-state index contributed by atoms with van der Waals surface area (Å²) in [5.74, 6) is -1.08. The lowest BCUT2D eigenvalue weighted by atomic mass is 10.2. The minimum absolute atomic E-state index is 0.0267. The molecule has 2 aromatic carbocycles. The molecule has 2 N–H and O–H groups in total. The number of anilines is 1. The van der Waals surface area contributed by atoms with E-state index in [9.17, 15) is 8.78 Å². The molecule has 0 aliphatic rings. The Labute approximate surface area is 118 Å². The second kappa shape index (κ2) is 6.10. The van der Waals surface area contributed by atoms with E-state index in [-0.39, 0.29) is 12.1 Å². The zero-order valence-corrected chi connectivity index (χ0v) is 11.5. The van der Waals surface area contributed by atoms with Crippen molar-refractivity contribution in [2.75, 3.05) is 5.43 Å². The van der Waals surface area contributed by atoms with E-state index in [1.54, 1.807) is 0 Å². The van der Waals surface area contributed by atoms with Crippen LogP contribution in [0.25, 0.3) is 0 Å². The van der Waals surface area contributed by atoms with Gasteiger partial charge in [-0.15, -0.1) is 0 Å². The van der Waals surface area contributed by atoms with Crippen molar-refractivity contribution >= 4 is 28.3 Å². The third-order valence-electron chi connectivity index (χ3n) is 2.38. The highest BCUT2D eigenvalue weighted by Crippen LogP contribution is 2.16. The SMILES string of the molecule is Fc1cc(I)cc(F)c1CNNc1ccccc1. The molecule has 0 bridgehead atoms. The molecule has 0 unspecified atom stereocenters. The van der Waals surface area contributed by atoms with E-state index in [4.69, 9.17) is 0 Å². The molecule has 0 heterocycles. The van der Waals surface area contributed by atoms with Gasteiger partial charge in [0.05, 0.1) is 0 Å². The predicted molar refractivity (Wildman–Crippen MR) is 76.0 cm³/mol. The van der Waals surface area contributed by atoms with E-state index in [1.807, 2.05) is 52.9 Å². The van der Waals surface area contributed by atoms with Crippen molar-refractivity contribution < 1.29 is 8.78 Å². The van der Waals surface area contributed by atoms with Gasteiger partial charge in [0.25, 0.3) is 0 Å². The van der Waals surface area contributed by atoms with Crippen molar-refractivity contribution in [3.63, 3.8) is 0 Å². The molecule has 2 aromatic rings. The maximum absolute atomic E-state index is 13.5. The molecule has 0 aliphatic carbocycles. The first-order chi connectivity index (χ1) is 8.66. The summed E-state index contributed by atoms with van der Waals surface area (Å²) >= 11 is 1.88. The maximum atomic E-state index is 13.5. The Morgan fingerprint density at radius 1 is 1.00 bits per heavy atom. The summed E-state index contributed by atoms with van der Waals surface area (Å²) in [6, 6.07) is 12.0. The third kappa shape index (κ3) is 3.39. The van der Waals surface area contributed by atoms with Crippen LogP contribution >= 0.6 is 22.6 Å². The standard InChI is InChI=1S/C13H11F2IN2/c14-12-6-9(16)7-13(15)11(12)8-17-18-10-4-2-1-3-5-10/h1-7,17-18H,8H2. The van der Waals surface area contributed by atoms with Gasteiger partial charge in [-0.25, -0.2) is 14.2 Å². The van der Waals surface area contributed by atoms with E-state index >= 15 is 0 Å². The number of nitrogens with one attached hydrogen (secondary N) is 2. The molecular formula is C13H11F2IN2. The summed E-state index contributed by atoms with van der Waals surface area (Å²) in [5, 5.41) is 0. The fourth-order valence-corrected chi connectivity index (χ4v) is 2.04. The first-order valence-electron chi connectivity index (χ1n) is 5.34. The smallest absolute Gasteiger partial charge is 0.131 e.